The smallest absolute Gasteiger partial charge is 0.338 e. The van der Waals surface area contributed by atoms with Crippen LogP contribution in [0.1, 0.15) is 17.3 Å². The molecule has 40 heavy (non-hydrogen) atoms. The fourth-order valence-electron chi connectivity index (χ4n) is 3.57. The Morgan fingerprint density at radius 2 is 1.77 bits per heavy atom. The summed E-state index contributed by atoms with van der Waals surface area (Å²) in [7, 11) is -3.20. The molecule has 0 aliphatic carbocycles. The molecule has 1 heterocycles. The highest BCUT2D eigenvalue weighted by Gasteiger charge is 2.25. The van der Waals surface area contributed by atoms with Crippen molar-refractivity contribution < 1.29 is 41.9 Å². The quantitative estimate of drug-likeness (QED) is 0.210. The first kappa shape index (κ1) is 28.4. The monoisotopic (exact) mass is 591 g/mol. The summed E-state index contributed by atoms with van der Waals surface area (Å²) >= 11 is 6.11. The van der Waals surface area contributed by atoms with E-state index in [-0.39, 0.29) is 27.7 Å². The van der Waals surface area contributed by atoms with Crippen LogP contribution in [0, 0.1) is 10.1 Å². The standard InChI is InChI=1S/C25H22ClN3O10S/c1-14(24(30)27-16-4-7-21-22(12-16)38-10-9-37-21)39-25(31)15-3-6-18(26)23(11-15)40(34,35)28-19-13-17(29(32)33)5-8-20(19)36-2/h3-8,11-14,28H,9-10H2,1-2H3,(H,27,30)/t14-/m0/s1. The minimum atomic E-state index is -4.46. The molecule has 0 unspecified atom stereocenters. The zero-order chi connectivity index (χ0) is 29.0. The van der Waals surface area contributed by atoms with Crippen LogP contribution in [-0.2, 0) is 19.6 Å². The summed E-state index contributed by atoms with van der Waals surface area (Å²) in [6.07, 6.45) is -1.26. The molecular weight excluding hydrogens is 570 g/mol. The van der Waals surface area contributed by atoms with Crippen molar-refractivity contribution in [3.05, 3.63) is 75.3 Å². The highest BCUT2D eigenvalue weighted by molar-refractivity contribution is 7.92. The highest BCUT2D eigenvalue weighted by Crippen LogP contribution is 2.34. The number of nitrogens with one attached hydrogen (secondary N) is 2. The highest BCUT2D eigenvalue weighted by atomic mass is 35.5. The molecule has 15 heteroatoms. The molecule has 1 atom stereocenters. The second kappa shape index (κ2) is 11.7. The maximum Gasteiger partial charge on any atom is 0.338 e. The molecule has 0 radical (unpaired) electrons. The molecule has 4 rings (SSSR count). The first-order chi connectivity index (χ1) is 19.0. The molecular formula is C25H22ClN3O10S. The number of carbonyl (C=O) groups excluding carboxylic acids is 2. The number of fused-ring (bicyclic) bond motifs is 1. The van der Waals surface area contributed by atoms with Gasteiger partial charge in [0.15, 0.2) is 17.6 Å². The van der Waals surface area contributed by atoms with E-state index in [0.717, 1.165) is 24.3 Å². The molecule has 3 aromatic carbocycles. The van der Waals surface area contributed by atoms with E-state index in [1.165, 1.54) is 26.2 Å². The second-order valence-corrected chi connectivity index (χ2v) is 10.3. The van der Waals surface area contributed by atoms with E-state index >= 15 is 0 Å². The number of carbonyl (C=O) groups is 2. The Morgan fingerprint density at radius 1 is 1.05 bits per heavy atom. The van der Waals surface area contributed by atoms with Crippen LogP contribution in [-0.4, -0.2) is 51.6 Å². The topological polar surface area (TPSA) is 172 Å². The van der Waals surface area contributed by atoms with Gasteiger partial charge in [-0.05, 0) is 43.3 Å². The number of non-ortho nitro benzene ring substituents is 1. The molecule has 2 N–H and O–H groups in total. The third-order valence-corrected chi connectivity index (χ3v) is 7.40. The Morgan fingerprint density at radius 3 is 2.48 bits per heavy atom. The molecule has 1 aliphatic rings. The first-order valence-corrected chi connectivity index (χ1v) is 13.4. The average molecular weight is 592 g/mol. The van der Waals surface area contributed by atoms with Crippen molar-refractivity contribution in [3.8, 4) is 17.2 Å². The van der Waals surface area contributed by atoms with Crippen molar-refractivity contribution in [2.24, 2.45) is 0 Å². The third-order valence-electron chi connectivity index (χ3n) is 5.56. The van der Waals surface area contributed by atoms with Crippen molar-refractivity contribution in [1.29, 1.82) is 0 Å². The number of esters is 1. The van der Waals surface area contributed by atoms with Gasteiger partial charge in [0.2, 0.25) is 0 Å². The van der Waals surface area contributed by atoms with E-state index in [9.17, 15) is 28.1 Å². The van der Waals surface area contributed by atoms with Gasteiger partial charge in [-0.2, -0.15) is 0 Å². The molecule has 210 valence electrons. The summed E-state index contributed by atoms with van der Waals surface area (Å²) in [5.74, 6) is -0.633. The fourth-order valence-corrected chi connectivity index (χ4v) is 5.16. The SMILES string of the molecule is COc1ccc([N+](=O)[O-])cc1NS(=O)(=O)c1cc(C(=O)O[C@@H](C)C(=O)Nc2ccc3c(c2)OCCO3)ccc1Cl. The Balaban J connectivity index is 1.49. The van der Waals surface area contributed by atoms with Crippen molar-refractivity contribution >= 4 is 50.6 Å². The van der Waals surface area contributed by atoms with Gasteiger partial charge in [0, 0.05) is 23.9 Å². The van der Waals surface area contributed by atoms with E-state index in [1.54, 1.807) is 18.2 Å². The predicted molar refractivity (Wildman–Crippen MR) is 143 cm³/mol. The predicted octanol–water partition coefficient (Wildman–Crippen LogP) is 4.01. The Hall–Kier alpha value is -4.56. The number of hydrogen-bond acceptors (Lipinski definition) is 10. The van der Waals surface area contributed by atoms with Crippen LogP contribution < -0.4 is 24.2 Å². The van der Waals surface area contributed by atoms with Gasteiger partial charge in [0.05, 0.1) is 28.3 Å². The van der Waals surface area contributed by atoms with Crippen LogP contribution in [0.2, 0.25) is 5.02 Å². The minimum absolute atomic E-state index is 0.0127. The summed E-state index contributed by atoms with van der Waals surface area (Å²) < 4.78 is 49.7. The van der Waals surface area contributed by atoms with Gasteiger partial charge in [-0.25, -0.2) is 13.2 Å². The van der Waals surface area contributed by atoms with Gasteiger partial charge in [0.1, 0.15) is 23.9 Å². The largest absolute Gasteiger partial charge is 0.495 e. The number of amides is 1. The van der Waals surface area contributed by atoms with Crippen molar-refractivity contribution in [2.45, 2.75) is 17.9 Å². The minimum Gasteiger partial charge on any atom is -0.495 e. The maximum absolute atomic E-state index is 13.1. The number of ether oxygens (including phenoxy) is 4. The number of nitro groups is 1. The summed E-state index contributed by atoms with van der Waals surface area (Å²) in [5.41, 5.74) is -0.426. The first-order valence-electron chi connectivity index (χ1n) is 11.5. The number of hydrogen-bond donors (Lipinski definition) is 2. The molecule has 0 saturated carbocycles. The van der Waals surface area contributed by atoms with Gasteiger partial charge >= 0.3 is 5.97 Å². The second-order valence-electron chi connectivity index (χ2n) is 8.29. The zero-order valence-electron chi connectivity index (χ0n) is 21.0. The van der Waals surface area contributed by atoms with Gasteiger partial charge < -0.3 is 24.3 Å². The number of nitro benzene ring substituents is 1. The van der Waals surface area contributed by atoms with Crippen LogP contribution in [0.25, 0.3) is 0 Å². The number of anilines is 2. The molecule has 0 bridgehead atoms. The Labute approximate surface area is 233 Å². The molecule has 1 aliphatic heterocycles. The van der Waals surface area contributed by atoms with E-state index in [4.69, 9.17) is 30.5 Å². The maximum atomic E-state index is 13.1. The van der Waals surface area contributed by atoms with E-state index in [2.05, 4.69) is 10.0 Å². The lowest BCUT2D eigenvalue weighted by molar-refractivity contribution is -0.384. The summed E-state index contributed by atoms with van der Waals surface area (Å²) in [4.78, 5) is 35.3. The number of halogens is 1. The van der Waals surface area contributed by atoms with Gasteiger partial charge in [0.25, 0.3) is 21.6 Å². The van der Waals surface area contributed by atoms with Gasteiger partial charge in [-0.3, -0.25) is 19.6 Å². The van der Waals surface area contributed by atoms with Crippen LogP contribution in [0.5, 0.6) is 17.2 Å². The Kier molecular flexibility index (Phi) is 8.30. The summed E-state index contributed by atoms with van der Waals surface area (Å²) in [6.45, 7) is 2.12. The Bertz CT molecular complexity index is 1600. The summed E-state index contributed by atoms with van der Waals surface area (Å²) in [6, 6.07) is 11.5. The van der Waals surface area contributed by atoms with E-state index < -0.39 is 37.8 Å². The number of sulfonamides is 1. The molecule has 0 saturated heterocycles. The van der Waals surface area contributed by atoms with Crippen LogP contribution in [0.15, 0.2) is 59.5 Å². The summed E-state index contributed by atoms with van der Waals surface area (Å²) in [5, 5.41) is 13.5. The fraction of sp³-hybridized carbons (Fsp3) is 0.200. The number of methoxy groups -OCH3 is 1. The molecule has 1 amide bonds. The van der Waals surface area contributed by atoms with Gasteiger partial charge in [-0.1, -0.05) is 11.6 Å². The lowest BCUT2D eigenvalue weighted by atomic mass is 10.2. The van der Waals surface area contributed by atoms with Crippen LogP contribution in [0.3, 0.4) is 0 Å². The lowest BCUT2D eigenvalue weighted by Crippen LogP contribution is -2.30. The van der Waals surface area contributed by atoms with Crippen LogP contribution in [0.4, 0.5) is 17.1 Å². The molecule has 0 aromatic heterocycles. The number of nitrogens with zero attached hydrogens (tertiary/aromatic N) is 1. The average Bonchev–Trinajstić information content (AvgIpc) is 2.92. The van der Waals surface area contributed by atoms with Crippen molar-refractivity contribution in [3.63, 3.8) is 0 Å². The molecule has 3 aromatic rings. The third kappa shape index (κ3) is 6.35. The normalized spacial score (nSPS) is 13.1. The van der Waals surface area contributed by atoms with Crippen LogP contribution >= 0.6 is 11.6 Å². The zero-order valence-corrected chi connectivity index (χ0v) is 22.6. The molecule has 13 nitrogen and oxygen atoms in total. The lowest BCUT2D eigenvalue weighted by Gasteiger charge is -2.19. The van der Waals surface area contributed by atoms with Gasteiger partial charge in [-0.15, -0.1) is 0 Å². The van der Waals surface area contributed by atoms with E-state index in [1.807, 2.05) is 0 Å². The molecule has 0 fully saturated rings. The number of benzene rings is 3. The number of rotatable bonds is 9. The molecule has 0 spiro atoms. The van der Waals surface area contributed by atoms with E-state index in [0.29, 0.717) is 30.4 Å². The van der Waals surface area contributed by atoms with Crippen molar-refractivity contribution in [2.75, 3.05) is 30.4 Å². The van der Waals surface area contributed by atoms with Crippen molar-refractivity contribution in [1.82, 2.24) is 0 Å².